The van der Waals surface area contributed by atoms with Crippen LogP contribution in [0.1, 0.15) is 12.8 Å². The third-order valence-electron chi connectivity index (χ3n) is 4.86. The molecular weight excluding hydrogens is 346 g/mol. The zero-order chi connectivity index (χ0) is 17.4. The molecule has 0 atom stereocenters. The fourth-order valence-corrected chi connectivity index (χ4v) is 4.23. The summed E-state index contributed by atoms with van der Waals surface area (Å²) in [6.45, 7) is 3.72. The van der Waals surface area contributed by atoms with Crippen LogP contribution in [0, 0.1) is 16.0 Å². The Labute approximate surface area is 147 Å². The van der Waals surface area contributed by atoms with Crippen molar-refractivity contribution >= 4 is 33.8 Å². The predicted octanol–water partition coefficient (Wildman–Crippen LogP) is 1.38. The number of carbonyl (C=O) groups excluding carboxylic acids is 1. The van der Waals surface area contributed by atoms with Gasteiger partial charge in [-0.25, -0.2) is 0 Å². The van der Waals surface area contributed by atoms with Crippen LogP contribution < -0.4 is 4.90 Å². The Kier molecular flexibility index (Phi) is 4.30. The van der Waals surface area contributed by atoms with Crippen LogP contribution in [0.15, 0.2) is 11.6 Å². The van der Waals surface area contributed by atoms with Crippen molar-refractivity contribution in [2.75, 3.05) is 44.3 Å². The van der Waals surface area contributed by atoms with Crippen molar-refractivity contribution < 1.29 is 14.5 Å². The van der Waals surface area contributed by atoms with E-state index < -0.39 is 0 Å². The van der Waals surface area contributed by atoms with E-state index in [4.69, 9.17) is 4.74 Å². The monoisotopic (exact) mass is 365 g/mol. The Bertz CT molecular complexity index is 789. The summed E-state index contributed by atoms with van der Waals surface area (Å²) in [5.41, 5.74) is 0. The minimum absolute atomic E-state index is 0.00852. The standard InChI is InChI=1S/C15H19N5O4S/c21-14(18-5-8-24-9-6-18)11-1-3-17(4-2-11)12-13(20(22)23)19-7-10-25-15(19)16-12/h7,10-11H,1-6,8-9H2. The Morgan fingerprint density at radius 1 is 1.28 bits per heavy atom. The van der Waals surface area contributed by atoms with Crippen molar-refractivity contribution in [1.29, 1.82) is 0 Å². The summed E-state index contributed by atoms with van der Waals surface area (Å²) in [6.07, 6.45) is 3.06. The quantitative estimate of drug-likeness (QED) is 0.603. The third kappa shape index (κ3) is 2.95. The topological polar surface area (TPSA) is 93.2 Å². The highest BCUT2D eigenvalue weighted by Gasteiger charge is 2.34. The van der Waals surface area contributed by atoms with Crippen LogP contribution in [0.25, 0.3) is 4.96 Å². The lowest BCUT2D eigenvalue weighted by molar-refractivity contribution is -0.389. The molecule has 25 heavy (non-hydrogen) atoms. The van der Waals surface area contributed by atoms with E-state index in [0.717, 1.165) is 0 Å². The number of hydrogen-bond acceptors (Lipinski definition) is 7. The van der Waals surface area contributed by atoms with Gasteiger partial charge < -0.3 is 24.7 Å². The van der Waals surface area contributed by atoms with E-state index in [1.165, 1.54) is 15.7 Å². The van der Waals surface area contributed by atoms with E-state index in [0.29, 0.717) is 63.0 Å². The van der Waals surface area contributed by atoms with Crippen molar-refractivity contribution in [3.63, 3.8) is 0 Å². The van der Waals surface area contributed by atoms with Gasteiger partial charge >= 0.3 is 5.82 Å². The molecule has 0 unspecified atom stereocenters. The zero-order valence-corrected chi connectivity index (χ0v) is 14.5. The lowest BCUT2D eigenvalue weighted by Gasteiger charge is -2.35. The smallest absolute Gasteiger partial charge is 0.373 e. The first-order valence-corrected chi connectivity index (χ1v) is 9.24. The summed E-state index contributed by atoms with van der Waals surface area (Å²) >= 11 is 1.38. The van der Waals surface area contributed by atoms with Crippen LogP contribution in [0.4, 0.5) is 11.6 Å². The van der Waals surface area contributed by atoms with Gasteiger partial charge in [-0.2, -0.15) is 9.38 Å². The van der Waals surface area contributed by atoms with Crippen LogP contribution in [0.2, 0.25) is 0 Å². The molecule has 9 nitrogen and oxygen atoms in total. The number of nitrogens with zero attached hydrogens (tertiary/aromatic N) is 5. The highest BCUT2D eigenvalue weighted by atomic mass is 32.1. The van der Waals surface area contributed by atoms with Gasteiger partial charge in [-0.3, -0.25) is 4.79 Å². The number of anilines is 1. The largest absolute Gasteiger partial charge is 0.378 e. The number of carbonyl (C=O) groups is 1. The van der Waals surface area contributed by atoms with Gasteiger partial charge in [0, 0.05) is 37.5 Å². The first-order valence-electron chi connectivity index (χ1n) is 8.36. The molecule has 2 aromatic rings. The number of fused-ring (bicyclic) bond motifs is 1. The molecule has 4 rings (SSSR count). The van der Waals surface area contributed by atoms with Gasteiger partial charge in [0.1, 0.15) is 6.20 Å². The van der Waals surface area contributed by atoms with Gasteiger partial charge in [0.05, 0.1) is 13.2 Å². The Morgan fingerprint density at radius 3 is 2.68 bits per heavy atom. The maximum atomic E-state index is 12.6. The molecule has 2 saturated heterocycles. The van der Waals surface area contributed by atoms with Crippen LogP contribution in [-0.2, 0) is 9.53 Å². The summed E-state index contributed by atoms with van der Waals surface area (Å²) in [5, 5.41) is 13.3. The predicted molar refractivity (Wildman–Crippen MR) is 92.1 cm³/mol. The molecular formula is C15H19N5O4S. The van der Waals surface area contributed by atoms with E-state index >= 15 is 0 Å². The minimum Gasteiger partial charge on any atom is -0.378 e. The number of morpholine rings is 1. The van der Waals surface area contributed by atoms with E-state index in [-0.39, 0.29) is 22.6 Å². The molecule has 0 aromatic carbocycles. The zero-order valence-electron chi connectivity index (χ0n) is 13.7. The molecule has 2 aromatic heterocycles. The van der Waals surface area contributed by atoms with Crippen LogP contribution in [-0.4, -0.2) is 64.5 Å². The Balaban J connectivity index is 1.47. The number of imidazole rings is 1. The summed E-state index contributed by atoms with van der Waals surface area (Å²) in [5.74, 6) is 0.587. The van der Waals surface area contributed by atoms with E-state index in [9.17, 15) is 14.9 Å². The summed E-state index contributed by atoms with van der Waals surface area (Å²) < 4.78 is 6.81. The summed E-state index contributed by atoms with van der Waals surface area (Å²) in [7, 11) is 0. The summed E-state index contributed by atoms with van der Waals surface area (Å²) in [6, 6.07) is 0. The molecule has 134 valence electrons. The van der Waals surface area contributed by atoms with Gasteiger partial charge in [0.25, 0.3) is 4.96 Å². The van der Waals surface area contributed by atoms with Crippen molar-refractivity contribution in [2.45, 2.75) is 12.8 Å². The van der Waals surface area contributed by atoms with Crippen molar-refractivity contribution in [3.05, 3.63) is 21.7 Å². The van der Waals surface area contributed by atoms with Gasteiger partial charge in [0.2, 0.25) is 11.7 Å². The van der Waals surface area contributed by atoms with Gasteiger partial charge in [0.15, 0.2) is 0 Å². The molecule has 0 N–H and O–H groups in total. The molecule has 0 bridgehead atoms. The maximum Gasteiger partial charge on any atom is 0.373 e. The SMILES string of the molecule is O=C(C1CCN(c2nc3sccn3c2[N+](=O)[O-])CC1)N1CCOCC1. The molecule has 0 saturated carbocycles. The molecule has 0 aliphatic carbocycles. The number of amides is 1. The number of ether oxygens (including phenoxy) is 1. The second-order valence-corrected chi connectivity index (χ2v) is 7.14. The second-order valence-electron chi connectivity index (χ2n) is 6.27. The minimum atomic E-state index is -0.382. The maximum absolute atomic E-state index is 12.6. The molecule has 0 radical (unpaired) electrons. The fraction of sp³-hybridized carbons (Fsp3) is 0.600. The highest BCUT2D eigenvalue weighted by Crippen LogP contribution is 2.33. The van der Waals surface area contributed by atoms with Crippen LogP contribution in [0.5, 0.6) is 0 Å². The fourth-order valence-electron chi connectivity index (χ4n) is 3.52. The molecule has 1 amide bonds. The molecule has 2 aliphatic rings. The molecule has 4 heterocycles. The normalized spacial score (nSPS) is 19.5. The molecule has 2 aliphatic heterocycles. The number of nitro groups is 1. The Morgan fingerprint density at radius 2 is 2.00 bits per heavy atom. The Hall–Kier alpha value is -2.20. The summed E-state index contributed by atoms with van der Waals surface area (Å²) in [4.78, 5) is 32.5. The van der Waals surface area contributed by atoms with Crippen molar-refractivity contribution in [3.8, 4) is 0 Å². The number of aromatic nitrogens is 2. The van der Waals surface area contributed by atoms with E-state index in [2.05, 4.69) is 4.98 Å². The lowest BCUT2D eigenvalue weighted by atomic mass is 9.95. The third-order valence-corrected chi connectivity index (χ3v) is 5.62. The van der Waals surface area contributed by atoms with Crippen LogP contribution >= 0.6 is 11.3 Å². The van der Waals surface area contributed by atoms with E-state index in [1.54, 1.807) is 11.6 Å². The van der Waals surface area contributed by atoms with Gasteiger partial charge in [-0.15, -0.1) is 0 Å². The average molecular weight is 365 g/mol. The molecule has 0 spiro atoms. The van der Waals surface area contributed by atoms with E-state index in [1.807, 2.05) is 9.80 Å². The van der Waals surface area contributed by atoms with Crippen molar-refractivity contribution in [2.24, 2.45) is 5.92 Å². The van der Waals surface area contributed by atoms with Crippen LogP contribution in [0.3, 0.4) is 0 Å². The highest BCUT2D eigenvalue weighted by molar-refractivity contribution is 7.15. The number of hydrogen-bond donors (Lipinski definition) is 0. The molecule has 10 heteroatoms. The second kappa shape index (κ2) is 6.60. The number of rotatable bonds is 3. The van der Waals surface area contributed by atoms with Crippen molar-refractivity contribution in [1.82, 2.24) is 14.3 Å². The van der Waals surface area contributed by atoms with Gasteiger partial charge in [-0.1, -0.05) is 11.3 Å². The number of thiazole rings is 1. The molecule has 2 fully saturated rings. The lowest BCUT2D eigenvalue weighted by Crippen LogP contribution is -2.46. The first kappa shape index (κ1) is 16.3. The number of piperidine rings is 1. The first-order chi connectivity index (χ1) is 12.1. The average Bonchev–Trinajstić information content (AvgIpc) is 3.22. The van der Waals surface area contributed by atoms with Gasteiger partial charge in [-0.05, 0) is 17.8 Å².